The fourth-order valence-electron chi connectivity index (χ4n) is 6.15. The van der Waals surface area contributed by atoms with Crippen LogP contribution < -0.4 is 11.1 Å². The molecule has 0 aliphatic heterocycles. The van der Waals surface area contributed by atoms with Crippen LogP contribution in [0.5, 0.6) is 0 Å². The highest BCUT2D eigenvalue weighted by Crippen LogP contribution is 2.56. The molecule has 22 heavy (non-hydrogen) atoms. The van der Waals surface area contributed by atoms with E-state index >= 15 is 0 Å². The molecule has 0 saturated heterocycles. The lowest BCUT2D eigenvalue weighted by molar-refractivity contribution is -0.0355. The monoisotopic (exact) mass is 306 g/mol. The lowest BCUT2D eigenvalue weighted by Gasteiger charge is -2.61. The molecule has 0 amide bonds. The van der Waals surface area contributed by atoms with Crippen LogP contribution in [0.3, 0.4) is 0 Å². The van der Waals surface area contributed by atoms with Gasteiger partial charge in [0.05, 0.1) is 0 Å². The van der Waals surface area contributed by atoms with Gasteiger partial charge in [-0.05, 0) is 63.3 Å². The van der Waals surface area contributed by atoms with Crippen molar-refractivity contribution in [1.82, 2.24) is 5.32 Å². The zero-order chi connectivity index (χ0) is 15.5. The molecule has 4 saturated carbocycles. The van der Waals surface area contributed by atoms with Gasteiger partial charge < -0.3 is 11.1 Å². The summed E-state index contributed by atoms with van der Waals surface area (Å²) in [4.78, 5) is 0. The molecule has 2 atom stereocenters. The van der Waals surface area contributed by atoms with Crippen molar-refractivity contribution in [2.24, 2.45) is 17.6 Å². The lowest BCUT2D eigenvalue weighted by Crippen LogP contribution is -2.67. The van der Waals surface area contributed by atoms with Gasteiger partial charge in [-0.3, -0.25) is 0 Å². The van der Waals surface area contributed by atoms with Gasteiger partial charge in [0.1, 0.15) is 0 Å². The molecular formula is C20H38N2. The summed E-state index contributed by atoms with van der Waals surface area (Å²) in [6, 6.07) is 0. The average Bonchev–Trinajstić information content (AvgIpc) is 2.43. The van der Waals surface area contributed by atoms with Gasteiger partial charge in [-0.1, -0.05) is 51.9 Å². The van der Waals surface area contributed by atoms with Gasteiger partial charge in [-0.2, -0.15) is 0 Å². The summed E-state index contributed by atoms with van der Waals surface area (Å²) in [6.07, 6.45) is 19.5. The summed E-state index contributed by atoms with van der Waals surface area (Å²) >= 11 is 0. The maximum Gasteiger partial charge on any atom is 0.0204 e. The Morgan fingerprint density at radius 2 is 1.45 bits per heavy atom. The molecule has 4 bridgehead atoms. The van der Waals surface area contributed by atoms with Gasteiger partial charge in [0.2, 0.25) is 0 Å². The van der Waals surface area contributed by atoms with E-state index in [1.807, 2.05) is 0 Å². The van der Waals surface area contributed by atoms with Crippen LogP contribution in [-0.2, 0) is 0 Å². The summed E-state index contributed by atoms with van der Waals surface area (Å²) in [5, 5.41) is 3.98. The van der Waals surface area contributed by atoms with Crippen molar-refractivity contribution in [1.29, 1.82) is 0 Å². The number of hydrogen-bond donors (Lipinski definition) is 2. The zero-order valence-corrected chi connectivity index (χ0v) is 14.8. The van der Waals surface area contributed by atoms with Crippen LogP contribution in [0.4, 0.5) is 0 Å². The quantitative estimate of drug-likeness (QED) is 0.571. The number of unbranched alkanes of at least 4 members (excludes halogenated alkanes) is 7. The Morgan fingerprint density at radius 3 is 2.05 bits per heavy atom. The first-order chi connectivity index (χ1) is 10.6. The molecule has 4 aliphatic carbocycles. The largest absolute Gasteiger partial charge is 0.325 e. The molecule has 3 N–H and O–H groups in total. The molecule has 4 aliphatic rings. The standard InChI is InChI=1S/C20H38N2/c1-2-3-4-5-6-7-8-9-10-22-20-14-17-11-18(15-20)13-19(21,12-17)16-20/h17-18,22H,2-16,21H2,1H3. The molecule has 4 rings (SSSR count). The second-order valence-electron chi connectivity index (χ2n) is 9.01. The molecule has 4 fully saturated rings. The third-order valence-electron chi connectivity index (χ3n) is 6.64. The van der Waals surface area contributed by atoms with Crippen molar-refractivity contribution in [3.8, 4) is 0 Å². The van der Waals surface area contributed by atoms with Gasteiger partial charge in [0.25, 0.3) is 0 Å². The van der Waals surface area contributed by atoms with Gasteiger partial charge in [-0.25, -0.2) is 0 Å². The minimum atomic E-state index is 0.191. The van der Waals surface area contributed by atoms with Crippen molar-refractivity contribution in [3.05, 3.63) is 0 Å². The maximum atomic E-state index is 6.68. The molecule has 0 aromatic carbocycles. The molecule has 2 nitrogen and oxygen atoms in total. The summed E-state index contributed by atoms with van der Waals surface area (Å²) in [7, 11) is 0. The molecule has 2 heteroatoms. The number of hydrogen-bond acceptors (Lipinski definition) is 2. The summed E-state index contributed by atoms with van der Waals surface area (Å²) < 4.78 is 0. The lowest BCUT2D eigenvalue weighted by atomic mass is 9.50. The van der Waals surface area contributed by atoms with E-state index in [2.05, 4.69) is 12.2 Å². The highest BCUT2D eigenvalue weighted by atomic mass is 15.0. The number of nitrogens with one attached hydrogen (secondary N) is 1. The molecule has 2 unspecified atom stereocenters. The first-order valence-electron chi connectivity index (χ1n) is 10.2. The van der Waals surface area contributed by atoms with E-state index in [4.69, 9.17) is 5.73 Å². The van der Waals surface area contributed by atoms with E-state index in [-0.39, 0.29) is 5.54 Å². The van der Waals surface area contributed by atoms with Crippen LogP contribution in [0.25, 0.3) is 0 Å². The van der Waals surface area contributed by atoms with E-state index in [0.717, 1.165) is 11.8 Å². The van der Waals surface area contributed by atoms with E-state index in [0.29, 0.717) is 5.54 Å². The Morgan fingerprint density at radius 1 is 0.864 bits per heavy atom. The number of rotatable bonds is 10. The maximum absolute atomic E-state index is 6.68. The van der Waals surface area contributed by atoms with Crippen molar-refractivity contribution in [2.75, 3.05) is 6.54 Å². The van der Waals surface area contributed by atoms with Crippen LogP contribution >= 0.6 is 0 Å². The van der Waals surface area contributed by atoms with Gasteiger partial charge in [-0.15, -0.1) is 0 Å². The Kier molecular flexibility index (Phi) is 5.50. The van der Waals surface area contributed by atoms with E-state index in [9.17, 15) is 0 Å². The van der Waals surface area contributed by atoms with Crippen LogP contribution in [0.2, 0.25) is 0 Å². The minimum absolute atomic E-state index is 0.191. The topological polar surface area (TPSA) is 38.0 Å². The smallest absolute Gasteiger partial charge is 0.0204 e. The Bertz CT molecular complexity index is 338. The zero-order valence-electron chi connectivity index (χ0n) is 14.8. The third kappa shape index (κ3) is 4.06. The predicted octanol–water partition coefficient (Wildman–Crippen LogP) is 4.77. The average molecular weight is 307 g/mol. The normalized spacial score (nSPS) is 39.5. The predicted molar refractivity (Wildman–Crippen MR) is 94.9 cm³/mol. The Hall–Kier alpha value is -0.0800. The first-order valence-corrected chi connectivity index (χ1v) is 10.2. The summed E-state index contributed by atoms with van der Waals surface area (Å²) in [6.45, 7) is 3.52. The van der Waals surface area contributed by atoms with Crippen LogP contribution in [-0.4, -0.2) is 17.6 Å². The van der Waals surface area contributed by atoms with Crippen molar-refractivity contribution in [2.45, 2.75) is 108 Å². The highest BCUT2D eigenvalue weighted by Gasteiger charge is 2.55. The van der Waals surface area contributed by atoms with Crippen molar-refractivity contribution < 1.29 is 0 Å². The number of nitrogens with two attached hydrogens (primary N) is 1. The van der Waals surface area contributed by atoms with Crippen molar-refractivity contribution in [3.63, 3.8) is 0 Å². The fraction of sp³-hybridized carbons (Fsp3) is 1.00. The molecule has 128 valence electrons. The van der Waals surface area contributed by atoms with E-state index in [1.54, 1.807) is 0 Å². The third-order valence-corrected chi connectivity index (χ3v) is 6.64. The molecule has 0 heterocycles. The summed E-state index contributed by atoms with van der Waals surface area (Å²) in [5.41, 5.74) is 7.30. The molecule has 0 aromatic rings. The molecule has 0 radical (unpaired) electrons. The van der Waals surface area contributed by atoms with Gasteiger partial charge >= 0.3 is 0 Å². The van der Waals surface area contributed by atoms with Gasteiger partial charge in [0.15, 0.2) is 0 Å². The van der Waals surface area contributed by atoms with Crippen LogP contribution in [0.1, 0.15) is 96.8 Å². The second kappa shape index (κ2) is 7.21. The molecule has 0 spiro atoms. The summed E-state index contributed by atoms with van der Waals surface area (Å²) in [5.74, 6) is 1.86. The Labute approximate surface area is 138 Å². The molecule has 0 aromatic heterocycles. The highest BCUT2D eigenvalue weighted by molar-refractivity contribution is 5.14. The second-order valence-corrected chi connectivity index (χ2v) is 9.01. The molecular weight excluding hydrogens is 268 g/mol. The van der Waals surface area contributed by atoms with Crippen LogP contribution in [0.15, 0.2) is 0 Å². The van der Waals surface area contributed by atoms with Crippen LogP contribution in [0, 0.1) is 11.8 Å². The Balaban J connectivity index is 1.31. The van der Waals surface area contributed by atoms with Gasteiger partial charge in [0, 0.05) is 11.1 Å². The fourth-order valence-corrected chi connectivity index (χ4v) is 6.15. The van der Waals surface area contributed by atoms with E-state index < -0.39 is 0 Å². The van der Waals surface area contributed by atoms with E-state index in [1.165, 1.54) is 96.4 Å². The minimum Gasteiger partial charge on any atom is -0.325 e. The van der Waals surface area contributed by atoms with Crippen molar-refractivity contribution >= 4 is 0 Å². The first kappa shape index (κ1) is 16.8. The SMILES string of the molecule is CCCCCCCCCCNC12CC3CC(CC(N)(C3)C1)C2.